The molecular formula is C22H26N2O5S2. The fraction of sp³-hybridized carbons (Fsp3) is 0.409. The molecule has 0 aliphatic heterocycles. The van der Waals surface area contributed by atoms with Crippen LogP contribution in [0.4, 0.5) is 5.69 Å². The summed E-state index contributed by atoms with van der Waals surface area (Å²) < 4.78 is 51.6. The lowest BCUT2D eigenvalue weighted by molar-refractivity contribution is 0.0902. The zero-order valence-electron chi connectivity index (χ0n) is 17.5. The minimum atomic E-state index is -4.01. The maximum absolute atomic E-state index is 13.1. The van der Waals surface area contributed by atoms with Crippen LogP contribution in [0.15, 0.2) is 52.3 Å². The number of rotatable bonds is 6. The number of hydrogen-bond donors (Lipinski definition) is 2. The number of benzene rings is 2. The zero-order valence-corrected chi connectivity index (χ0v) is 19.1. The van der Waals surface area contributed by atoms with E-state index in [1.165, 1.54) is 24.3 Å². The molecule has 2 aliphatic rings. The van der Waals surface area contributed by atoms with Crippen LogP contribution in [0.3, 0.4) is 0 Å². The first-order chi connectivity index (χ1) is 14.5. The molecule has 2 saturated carbocycles. The van der Waals surface area contributed by atoms with Gasteiger partial charge in [-0.3, -0.25) is 9.52 Å². The number of fused-ring (bicyclic) bond motifs is 2. The summed E-state index contributed by atoms with van der Waals surface area (Å²) in [4.78, 5) is 13.0. The highest BCUT2D eigenvalue weighted by Crippen LogP contribution is 2.47. The highest BCUT2D eigenvalue weighted by molar-refractivity contribution is 7.92. The molecular weight excluding hydrogens is 436 g/mol. The molecule has 0 heterocycles. The lowest BCUT2D eigenvalue weighted by atomic mass is 9.93. The molecule has 0 atom stereocenters. The summed E-state index contributed by atoms with van der Waals surface area (Å²) >= 11 is 0. The van der Waals surface area contributed by atoms with E-state index >= 15 is 0 Å². The van der Waals surface area contributed by atoms with Gasteiger partial charge in [-0.25, -0.2) is 16.8 Å². The van der Waals surface area contributed by atoms with E-state index < -0.39 is 19.9 Å². The van der Waals surface area contributed by atoms with Gasteiger partial charge < -0.3 is 5.32 Å². The van der Waals surface area contributed by atoms with Crippen LogP contribution < -0.4 is 10.0 Å². The number of anilines is 1. The average molecular weight is 463 g/mol. The van der Waals surface area contributed by atoms with E-state index in [2.05, 4.69) is 10.0 Å². The highest BCUT2D eigenvalue weighted by Gasteiger charge is 2.45. The monoisotopic (exact) mass is 462 g/mol. The van der Waals surface area contributed by atoms with E-state index in [1.54, 1.807) is 18.2 Å². The number of sulfonamides is 1. The Morgan fingerprint density at radius 3 is 2.13 bits per heavy atom. The second kappa shape index (κ2) is 7.63. The molecule has 7 nitrogen and oxygen atoms in total. The predicted octanol–water partition coefficient (Wildman–Crippen LogP) is 3.26. The average Bonchev–Trinajstić information content (AvgIpc) is 3.27. The standard InChI is InChI=1S/C22H26N2O5S2/c1-15-3-8-19(21(25)23-22-11-9-16(14-22)10-12-22)20(13-15)24-31(28,29)18-6-4-17(5-7-18)30(2,26)27/h3-8,13,16,24H,9-12,14H2,1-2H3,(H,23,25). The quantitative estimate of drug-likeness (QED) is 0.685. The Morgan fingerprint density at radius 2 is 1.58 bits per heavy atom. The van der Waals surface area contributed by atoms with Gasteiger partial charge in [0.25, 0.3) is 15.9 Å². The molecule has 31 heavy (non-hydrogen) atoms. The minimum absolute atomic E-state index is 0.0350. The van der Waals surface area contributed by atoms with Crippen LogP contribution in [0.5, 0.6) is 0 Å². The van der Waals surface area contributed by atoms with Gasteiger partial charge in [-0.15, -0.1) is 0 Å². The minimum Gasteiger partial charge on any atom is -0.347 e. The molecule has 1 amide bonds. The third kappa shape index (κ3) is 4.48. The molecule has 2 bridgehead atoms. The Labute approximate surface area is 183 Å². The summed E-state index contributed by atoms with van der Waals surface area (Å²) in [7, 11) is -7.45. The summed E-state index contributed by atoms with van der Waals surface area (Å²) in [6.45, 7) is 1.82. The molecule has 4 rings (SSSR count). The molecule has 2 aromatic carbocycles. The van der Waals surface area contributed by atoms with E-state index in [0.717, 1.165) is 43.9 Å². The van der Waals surface area contributed by atoms with E-state index in [-0.39, 0.29) is 32.5 Å². The topological polar surface area (TPSA) is 109 Å². The Kier molecular flexibility index (Phi) is 5.37. The van der Waals surface area contributed by atoms with Crippen molar-refractivity contribution in [2.45, 2.75) is 54.4 Å². The molecule has 0 unspecified atom stereocenters. The van der Waals surface area contributed by atoms with E-state index in [1.807, 2.05) is 6.92 Å². The van der Waals surface area contributed by atoms with Gasteiger partial charge in [0.05, 0.1) is 21.0 Å². The van der Waals surface area contributed by atoms with Gasteiger partial charge in [0.15, 0.2) is 9.84 Å². The maximum atomic E-state index is 13.1. The number of carbonyl (C=O) groups is 1. The van der Waals surface area contributed by atoms with Crippen LogP contribution in [-0.4, -0.2) is 34.5 Å². The first-order valence-corrected chi connectivity index (χ1v) is 13.6. The summed E-state index contributed by atoms with van der Waals surface area (Å²) in [6.07, 6.45) is 6.21. The normalized spacial score (nSPS) is 23.0. The Morgan fingerprint density at radius 1 is 0.968 bits per heavy atom. The number of aryl methyl sites for hydroxylation is 1. The second-order valence-corrected chi connectivity index (χ2v) is 12.5. The number of hydrogen-bond acceptors (Lipinski definition) is 5. The lowest BCUT2D eigenvalue weighted by Gasteiger charge is -2.28. The van der Waals surface area contributed by atoms with Crippen molar-refractivity contribution in [3.8, 4) is 0 Å². The number of nitrogens with one attached hydrogen (secondary N) is 2. The fourth-order valence-corrected chi connectivity index (χ4v) is 6.39. The van der Waals surface area contributed by atoms with Gasteiger partial charge in [-0.05, 0) is 86.9 Å². The van der Waals surface area contributed by atoms with E-state index in [0.29, 0.717) is 5.92 Å². The molecule has 0 spiro atoms. The van der Waals surface area contributed by atoms with Gasteiger partial charge >= 0.3 is 0 Å². The summed E-state index contributed by atoms with van der Waals surface area (Å²) in [5.41, 5.74) is 1.10. The van der Waals surface area contributed by atoms with Crippen LogP contribution in [0, 0.1) is 12.8 Å². The van der Waals surface area contributed by atoms with Crippen molar-refractivity contribution in [2.24, 2.45) is 5.92 Å². The molecule has 2 fully saturated rings. The lowest BCUT2D eigenvalue weighted by Crippen LogP contribution is -2.45. The van der Waals surface area contributed by atoms with Crippen molar-refractivity contribution < 1.29 is 21.6 Å². The van der Waals surface area contributed by atoms with Crippen molar-refractivity contribution in [3.63, 3.8) is 0 Å². The number of carbonyl (C=O) groups excluding carboxylic acids is 1. The molecule has 2 aliphatic carbocycles. The first-order valence-electron chi connectivity index (χ1n) is 10.2. The Bertz CT molecular complexity index is 1230. The van der Waals surface area contributed by atoms with Gasteiger partial charge in [-0.2, -0.15) is 0 Å². The molecule has 0 saturated heterocycles. The Balaban J connectivity index is 1.60. The molecule has 9 heteroatoms. The summed E-state index contributed by atoms with van der Waals surface area (Å²) in [5.74, 6) is 0.388. The molecule has 0 aromatic heterocycles. The van der Waals surface area contributed by atoms with Gasteiger partial charge in [0.2, 0.25) is 0 Å². The molecule has 2 N–H and O–H groups in total. The van der Waals surface area contributed by atoms with Crippen LogP contribution in [0.1, 0.15) is 48.0 Å². The first kappa shape index (κ1) is 21.8. The van der Waals surface area contributed by atoms with E-state index in [4.69, 9.17) is 0 Å². The predicted molar refractivity (Wildman–Crippen MR) is 118 cm³/mol. The fourth-order valence-electron chi connectivity index (χ4n) is 4.69. The van der Waals surface area contributed by atoms with Crippen LogP contribution in [0.25, 0.3) is 0 Å². The smallest absolute Gasteiger partial charge is 0.261 e. The summed E-state index contributed by atoms with van der Waals surface area (Å²) in [5, 5.41) is 3.17. The van der Waals surface area contributed by atoms with Crippen molar-refractivity contribution in [3.05, 3.63) is 53.6 Å². The van der Waals surface area contributed by atoms with Crippen LogP contribution >= 0.6 is 0 Å². The maximum Gasteiger partial charge on any atom is 0.261 e. The van der Waals surface area contributed by atoms with Crippen molar-refractivity contribution in [2.75, 3.05) is 11.0 Å². The van der Waals surface area contributed by atoms with Gasteiger partial charge in [-0.1, -0.05) is 6.07 Å². The van der Waals surface area contributed by atoms with E-state index in [9.17, 15) is 21.6 Å². The molecule has 166 valence electrons. The third-order valence-corrected chi connectivity index (χ3v) is 8.86. The largest absolute Gasteiger partial charge is 0.347 e. The van der Waals surface area contributed by atoms with Gasteiger partial charge in [0, 0.05) is 11.8 Å². The Hall–Kier alpha value is -2.39. The highest BCUT2D eigenvalue weighted by atomic mass is 32.2. The SMILES string of the molecule is Cc1ccc(C(=O)NC23CCC(CC2)C3)c(NS(=O)(=O)c2ccc(S(C)(=O)=O)cc2)c1. The van der Waals surface area contributed by atoms with Crippen LogP contribution in [0.2, 0.25) is 0 Å². The number of sulfone groups is 1. The molecule has 0 radical (unpaired) electrons. The zero-order chi connectivity index (χ0) is 22.4. The van der Waals surface area contributed by atoms with Gasteiger partial charge in [0.1, 0.15) is 0 Å². The van der Waals surface area contributed by atoms with Crippen molar-refractivity contribution in [1.29, 1.82) is 0 Å². The van der Waals surface area contributed by atoms with Crippen LogP contribution in [-0.2, 0) is 19.9 Å². The van der Waals surface area contributed by atoms with Crippen molar-refractivity contribution >= 4 is 31.5 Å². The third-order valence-electron chi connectivity index (χ3n) is 6.35. The summed E-state index contributed by atoms with van der Waals surface area (Å²) in [6, 6.07) is 10.0. The second-order valence-electron chi connectivity index (χ2n) is 8.78. The molecule has 2 aromatic rings. The number of amides is 1. The van der Waals surface area contributed by atoms with Crippen molar-refractivity contribution in [1.82, 2.24) is 5.32 Å².